The molecule has 24 heavy (non-hydrogen) atoms. The van der Waals surface area contributed by atoms with Crippen LogP contribution in [0, 0.1) is 5.82 Å². The number of ketones is 2. The Kier molecular flexibility index (Phi) is 3.79. The van der Waals surface area contributed by atoms with Crippen molar-refractivity contribution in [1.82, 2.24) is 4.98 Å². The van der Waals surface area contributed by atoms with Gasteiger partial charge in [-0.05, 0) is 12.1 Å². The summed E-state index contributed by atoms with van der Waals surface area (Å²) in [6, 6.07) is 6.72. The average Bonchev–Trinajstić information content (AvgIpc) is 2.53. The van der Waals surface area contributed by atoms with Gasteiger partial charge in [0.15, 0.2) is 17.4 Å². The van der Waals surface area contributed by atoms with E-state index in [-0.39, 0.29) is 28.8 Å². The Labute approximate surface area is 133 Å². The van der Waals surface area contributed by atoms with E-state index in [4.69, 9.17) is 0 Å². The molecule has 0 radical (unpaired) electrons. The molecule has 0 saturated carbocycles. The number of fused-ring (bicyclic) bond motifs is 1. The average molecular weight is 335 g/mol. The highest BCUT2D eigenvalue weighted by molar-refractivity contribution is 6.24. The molecule has 3 rings (SSSR count). The fourth-order valence-corrected chi connectivity index (χ4v) is 2.49. The van der Waals surface area contributed by atoms with Crippen molar-refractivity contribution < 1.29 is 27.2 Å². The number of hydrogen-bond donors (Lipinski definition) is 0. The first-order valence-electron chi connectivity index (χ1n) is 6.87. The van der Waals surface area contributed by atoms with Gasteiger partial charge < -0.3 is 0 Å². The molecule has 7 heteroatoms. The van der Waals surface area contributed by atoms with E-state index in [1.807, 2.05) is 0 Å². The van der Waals surface area contributed by atoms with Gasteiger partial charge in [-0.1, -0.05) is 24.3 Å². The maximum Gasteiger partial charge on any atom is 0.419 e. The molecule has 0 spiro atoms. The molecule has 1 aromatic heterocycles. The summed E-state index contributed by atoms with van der Waals surface area (Å²) in [4.78, 5) is 28.0. The molecule has 1 aliphatic carbocycles. The van der Waals surface area contributed by atoms with E-state index in [1.165, 1.54) is 12.1 Å². The first kappa shape index (κ1) is 16.0. The Hall–Kier alpha value is -2.83. The number of pyridine rings is 1. The van der Waals surface area contributed by atoms with Crippen molar-refractivity contribution in [3.63, 3.8) is 0 Å². The van der Waals surface area contributed by atoms with Crippen molar-refractivity contribution in [1.29, 1.82) is 0 Å². The van der Waals surface area contributed by atoms with Gasteiger partial charge in [0, 0.05) is 28.8 Å². The summed E-state index contributed by atoms with van der Waals surface area (Å²) in [5, 5.41) is 0. The van der Waals surface area contributed by atoms with Crippen LogP contribution in [0.5, 0.6) is 0 Å². The number of allylic oxidation sites excluding steroid dienone is 2. The lowest BCUT2D eigenvalue weighted by atomic mass is 9.87. The predicted molar refractivity (Wildman–Crippen MR) is 76.1 cm³/mol. The van der Waals surface area contributed by atoms with Crippen LogP contribution in [-0.2, 0) is 12.6 Å². The Balaban J connectivity index is 1.96. The van der Waals surface area contributed by atoms with Crippen LogP contribution in [0.1, 0.15) is 32.0 Å². The smallest absolute Gasteiger partial charge is 0.289 e. The molecule has 0 N–H and O–H groups in total. The lowest BCUT2D eigenvalue weighted by molar-refractivity contribution is -0.140. The van der Waals surface area contributed by atoms with Crippen molar-refractivity contribution in [2.75, 3.05) is 0 Å². The number of hydrogen-bond acceptors (Lipinski definition) is 3. The minimum Gasteiger partial charge on any atom is -0.289 e. The van der Waals surface area contributed by atoms with Gasteiger partial charge in [0.05, 0.1) is 11.8 Å². The van der Waals surface area contributed by atoms with Crippen LogP contribution in [0.4, 0.5) is 17.6 Å². The lowest BCUT2D eigenvalue weighted by Crippen LogP contribution is -2.19. The van der Waals surface area contributed by atoms with E-state index in [0.717, 1.165) is 6.08 Å². The molecule has 3 nitrogen and oxygen atoms in total. The summed E-state index contributed by atoms with van der Waals surface area (Å²) in [7, 11) is 0. The SMILES string of the molecule is O=C1C=C(Cc2cc(C(F)(F)F)c(F)cn2)C(=O)c2ccccc21. The number of benzene rings is 1. The third kappa shape index (κ3) is 2.84. The van der Waals surface area contributed by atoms with Crippen LogP contribution in [0.2, 0.25) is 0 Å². The normalized spacial score (nSPS) is 14.4. The zero-order valence-corrected chi connectivity index (χ0v) is 12.0. The van der Waals surface area contributed by atoms with Crippen molar-refractivity contribution in [2.24, 2.45) is 0 Å². The first-order chi connectivity index (χ1) is 11.3. The van der Waals surface area contributed by atoms with Crippen molar-refractivity contribution in [3.05, 3.63) is 76.4 Å². The molecular weight excluding hydrogens is 326 g/mol. The summed E-state index contributed by atoms with van der Waals surface area (Å²) in [5.41, 5.74) is -1.14. The Bertz CT molecular complexity index is 884. The quantitative estimate of drug-likeness (QED) is 0.785. The zero-order chi connectivity index (χ0) is 17.5. The third-order valence-corrected chi connectivity index (χ3v) is 3.62. The number of rotatable bonds is 2. The van der Waals surface area contributed by atoms with Gasteiger partial charge in [-0.25, -0.2) is 4.39 Å². The molecule has 0 amide bonds. The topological polar surface area (TPSA) is 47.0 Å². The second-order valence-corrected chi connectivity index (χ2v) is 5.24. The molecule has 0 aliphatic heterocycles. The van der Waals surface area contributed by atoms with Gasteiger partial charge in [0.25, 0.3) is 0 Å². The number of carbonyl (C=O) groups is 2. The largest absolute Gasteiger partial charge is 0.419 e. The van der Waals surface area contributed by atoms with Crippen molar-refractivity contribution in [3.8, 4) is 0 Å². The first-order valence-corrected chi connectivity index (χ1v) is 6.87. The van der Waals surface area contributed by atoms with Crippen molar-refractivity contribution in [2.45, 2.75) is 12.6 Å². The molecule has 0 saturated heterocycles. The third-order valence-electron chi connectivity index (χ3n) is 3.62. The van der Waals surface area contributed by atoms with Gasteiger partial charge in [-0.2, -0.15) is 13.2 Å². The van der Waals surface area contributed by atoms with Crippen molar-refractivity contribution >= 4 is 11.6 Å². The van der Waals surface area contributed by atoms with Crippen LogP contribution >= 0.6 is 0 Å². The zero-order valence-electron chi connectivity index (χ0n) is 12.0. The lowest BCUT2D eigenvalue weighted by Gasteiger charge is -2.15. The predicted octanol–water partition coefficient (Wildman–Crippen LogP) is 3.79. The highest BCUT2D eigenvalue weighted by Crippen LogP contribution is 2.32. The van der Waals surface area contributed by atoms with Gasteiger partial charge in [-0.3, -0.25) is 14.6 Å². The minimum absolute atomic E-state index is 0.0194. The molecule has 0 unspecified atom stereocenters. The van der Waals surface area contributed by atoms with E-state index in [2.05, 4.69) is 4.98 Å². The molecule has 0 fully saturated rings. The highest BCUT2D eigenvalue weighted by atomic mass is 19.4. The maximum absolute atomic E-state index is 13.3. The Morgan fingerprint density at radius 3 is 2.38 bits per heavy atom. The van der Waals surface area contributed by atoms with Gasteiger partial charge >= 0.3 is 6.18 Å². The molecule has 122 valence electrons. The summed E-state index contributed by atoms with van der Waals surface area (Å²) >= 11 is 0. The van der Waals surface area contributed by atoms with Crippen LogP contribution in [0.3, 0.4) is 0 Å². The molecular formula is C17H9F4NO2. The molecule has 0 atom stereocenters. The van der Waals surface area contributed by atoms with Crippen LogP contribution in [-0.4, -0.2) is 16.6 Å². The van der Waals surface area contributed by atoms with Gasteiger partial charge in [0.1, 0.15) is 0 Å². The fourth-order valence-electron chi connectivity index (χ4n) is 2.49. The monoisotopic (exact) mass is 335 g/mol. The second kappa shape index (κ2) is 5.67. The Morgan fingerprint density at radius 2 is 1.71 bits per heavy atom. The number of alkyl halides is 3. The van der Waals surface area contributed by atoms with Gasteiger partial charge in [-0.15, -0.1) is 0 Å². The van der Waals surface area contributed by atoms with E-state index in [1.54, 1.807) is 12.1 Å². The molecule has 0 bridgehead atoms. The highest BCUT2D eigenvalue weighted by Gasteiger charge is 2.35. The van der Waals surface area contributed by atoms with E-state index < -0.39 is 29.1 Å². The molecule has 1 heterocycles. The summed E-state index contributed by atoms with van der Waals surface area (Å²) < 4.78 is 51.5. The van der Waals surface area contributed by atoms with E-state index in [9.17, 15) is 27.2 Å². The number of Topliss-reactive ketones (excluding diaryl/α,β-unsaturated/α-hetero) is 1. The number of aromatic nitrogens is 1. The maximum atomic E-state index is 13.3. The fraction of sp³-hybridized carbons (Fsp3) is 0.118. The molecule has 1 aliphatic rings. The van der Waals surface area contributed by atoms with E-state index in [0.29, 0.717) is 12.3 Å². The Morgan fingerprint density at radius 1 is 1.04 bits per heavy atom. The summed E-state index contributed by atoms with van der Waals surface area (Å²) in [5.74, 6) is -2.35. The van der Waals surface area contributed by atoms with Crippen LogP contribution in [0.15, 0.2) is 48.2 Å². The standard InChI is InChI=1S/C17H9F4NO2/c18-14-8-22-10(7-13(14)17(19,20)21)5-9-6-15(23)11-3-1-2-4-12(11)16(9)24/h1-4,6-8H,5H2. The summed E-state index contributed by atoms with van der Waals surface area (Å²) in [6.07, 6.45) is -3.61. The number of carbonyl (C=O) groups excluding carboxylic acids is 2. The second-order valence-electron chi connectivity index (χ2n) is 5.24. The number of halogens is 4. The van der Waals surface area contributed by atoms with Gasteiger partial charge in [0.2, 0.25) is 0 Å². The minimum atomic E-state index is -4.87. The van der Waals surface area contributed by atoms with E-state index >= 15 is 0 Å². The summed E-state index contributed by atoms with van der Waals surface area (Å²) in [6.45, 7) is 0. The van der Waals surface area contributed by atoms with Crippen LogP contribution < -0.4 is 0 Å². The molecule has 2 aromatic rings. The van der Waals surface area contributed by atoms with Crippen LogP contribution in [0.25, 0.3) is 0 Å². The number of nitrogens with zero attached hydrogens (tertiary/aromatic N) is 1. The molecule has 1 aromatic carbocycles.